The van der Waals surface area contributed by atoms with Crippen molar-refractivity contribution in [3.05, 3.63) is 29.3 Å². The summed E-state index contributed by atoms with van der Waals surface area (Å²) in [5, 5.41) is 4.21. The van der Waals surface area contributed by atoms with Gasteiger partial charge < -0.3 is 4.90 Å². The smallest absolute Gasteiger partial charge is 0.240 e. The Bertz CT molecular complexity index is 651. The van der Waals surface area contributed by atoms with E-state index in [0.717, 1.165) is 17.0 Å². The Morgan fingerprint density at radius 2 is 1.95 bits per heavy atom. The number of benzene rings is 1. The zero-order valence-corrected chi connectivity index (χ0v) is 12.5. The second-order valence-corrected chi connectivity index (χ2v) is 5.97. The number of nitrogens with one attached hydrogen (secondary N) is 1. The van der Waals surface area contributed by atoms with Gasteiger partial charge in [0.2, 0.25) is 11.8 Å². The number of anilines is 1. The molecule has 5 heteroatoms. The molecule has 0 saturated carbocycles. The SMILES string of the molecule is CC1CC(=O)NN=C1c1ccc2c(c1)C(C)CC(=O)N2C. The summed E-state index contributed by atoms with van der Waals surface area (Å²) in [6.45, 7) is 4.08. The number of hydrogen-bond donors (Lipinski definition) is 1. The third kappa shape index (κ3) is 2.33. The Morgan fingerprint density at radius 1 is 1.19 bits per heavy atom. The molecular formula is C16H19N3O2. The predicted molar refractivity (Wildman–Crippen MR) is 81.3 cm³/mol. The molecule has 21 heavy (non-hydrogen) atoms. The van der Waals surface area contributed by atoms with E-state index in [2.05, 4.69) is 23.5 Å². The maximum absolute atomic E-state index is 11.9. The molecule has 2 amide bonds. The molecule has 5 nitrogen and oxygen atoms in total. The monoisotopic (exact) mass is 285 g/mol. The molecule has 0 fully saturated rings. The number of amides is 2. The summed E-state index contributed by atoms with van der Waals surface area (Å²) in [6.07, 6.45) is 0.996. The summed E-state index contributed by atoms with van der Waals surface area (Å²) in [5.74, 6) is 0.425. The highest BCUT2D eigenvalue weighted by Crippen LogP contribution is 2.36. The lowest BCUT2D eigenvalue weighted by Gasteiger charge is -2.30. The molecule has 1 aromatic rings. The predicted octanol–water partition coefficient (Wildman–Crippen LogP) is 2.02. The zero-order valence-electron chi connectivity index (χ0n) is 12.5. The van der Waals surface area contributed by atoms with Crippen LogP contribution in [0.2, 0.25) is 0 Å². The Hall–Kier alpha value is -2.17. The maximum atomic E-state index is 11.9. The van der Waals surface area contributed by atoms with Crippen LogP contribution >= 0.6 is 0 Å². The highest BCUT2D eigenvalue weighted by Gasteiger charge is 2.28. The van der Waals surface area contributed by atoms with Gasteiger partial charge >= 0.3 is 0 Å². The van der Waals surface area contributed by atoms with Crippen LogP contribution in [0.5, 0.6) is 0 Å². The van der Waals surface area contributed by atoms with Crippen molar-refractivity contribution in [3.63, 3.8) is 0 Å². The highest BCUT2D eigenvalue weighted by atomic mass is 16.2. The van der Waals surface area contributed by atoms with Crippen LogP contribution in [0.3, 0.4) is 0 Å². The van der Waals surface area contributed by atoms with Crippen molar-refractivity contribution >= 4 is 23.2 Å². The third-order valence-corrected chi connectivity index (χ3v) is 4.33. The molecule has 2 heterocycles. The van der Waals surface area contributed by atoms with Crippen LogP contribution in [0, 0.1) is 5.92 Å². The van der Waals surface area contributed by atoms with Crippen LogP contribution in [-0.4, -0.2) is 24.6 Å². The number of carbonyl (C=O) groups excluding carboxylic acids is 2. The van der Waals surface area contributed by atoms with Crippen molar-refractivity contribution < 1.29 is 9.59 Å². The molecule has 0 aromatic heterocycles. The van der Waals surface area contributed by atoms with Crippen LogP contribution in [0.15, 0.2) is 23.3 Å². The average Bonchev–Trinajstić information content (AvgIpc) is 2.44. The van der Waals surface area contributed by atoms with Crippen LogP contribution < -0.4 is 10.3 Å². The molecule has 1 aromatic carbocycles. The second-order valence-electron chi connectivity index (χ2n) is 5.97. The van der Waals surface area contributed by atoms with E-state index in [1.54, 1.807) is 4.90 Å². The Morgan fingerprint density at radius 3 is 2.67 bits per heavy atom. The van der Waals surface area contributed by atoms with Gasteiger partial charge in [0, 0.05) is 31.5 Å². The van der Waals surface area contributed by atoms with Crippen LogP contribution in [-0.2, 0) is 9.59 Å². The fraction of sp³-hybridized carbons (Fsp3) is 0.438. The lowest BCUT2D eigenvalue weighted by molar-refractivity contribution is -0.122. The molecular weight excluding hydrogens is 266 g/mol. The van der Waals surface area contributed by atoms with Crippen molar-refractivity contribution in [3.8, 4) is 0 Å². The fourth-order valence-electron chi connectivity index (χ4n) is 3.06. The molecule has 2 atom stereocenters. The lowest BCUT2D eigenvalue weighted by atomic mass is 9.87. The van der Waals surface area contributed by atoms with Gasteiger partial charge in [-0.2, -0.15) is 5.10 Å². The minimum absolute atomic E-state index is 0.0390. The van der Waals surface area contributed by atoms with Gasteiger partial charge in [0.05, 0.1) is 5.71 Å². The number of hydrazone groups is 1. The van der Waals surface area contributed by atoms with Gasteiger partial charge in [0.15, 0.2) is 0 Å². The largest absolute Gasteiger partial charge is 0.315 e. The first-order chi connectivity index (χ1) is 9.97. The summed E-state index contributed by atoms with van der Waals surface area (Å²) >= 11 is 0. The van der Waals surface area contributed by atoms with E-state index in [1.807, 2.05) is 26.1 Å². The molecule has 2 unspecified atom stereocenters. The van der Waals surface area contributed by atoms with E-state index < -0.39 is 0 Å². The summed E-state index contributed by atoms with van der Waals surface area (Å²) in [4.78, 5) is 25.0. The summed E-state index contributed by atoms with van der Waals surface area (Å²) in [7, 11) is 1.81. The average molecular weight is 285 g/mol. The van der Waals surface area contributed by atoms with Gasteiger partial charge in [-0.15, -0.1) is 0 Å². The van der Waals surface area contributed by atoms with Gasteiger partial charge in [-0.25, -0.2) is 5.43 Å². The van der Waals surface area contributed by atoms with Crippen LogP contribution in [0.25, 0.3) is 0 Å². The van der Waals surface area contributed by atoms with E-state index in [-0.39, 0.29) is 23.7 Å². The maximum Gasteiger partial charge on any atom is 0.240 e. The van der Waals surface area contributed by atoms with Gasteiger partial charge in [-0.3, -0.25) is 9.59 Å². The topological polar surface area (TPSA) is 61.8 Å². The zero-order chi connectivity index (χ0) is 15.1. The second kappa shape index (κ2) is 4.98. The van der Waals surface area contributed by atoms with Gasteiger partial charge in [-0.1, -0.05) is 19.9 Å². The molecule has 1 N–H and O–H groups in total. The molecule has 0 spiro atoms. The van der Waals surface area contributed by atoms with E-state index in [4.69, 9.17) is 0 Å². The normalized spacial score (nSPS) is 25.3. The summed E-state index contributed by atoms with van der Waals surface area (Å²) < 4.78 is 0. The Kier molecular flexibility index (Phi) is 3.27. The molecule has 0 radical (unpaired) electrons. The van der Waals surface area contributed by atoms with Crippen LogP contribution in [0.1, 0.15) is 43.7 Å². The van der Waals surface area contributed by atoms with E-state index in [9.17, 15) is 9.59 Å². The Balaban J connectivity index is 2.02. The minimum Gasteiger partial charge on any atom is -0.315 e. The van der Waals surface area contributed by atoms with Gasteiger partial charge in [-0.05, 0) is 29.2 Å². The number of rotatable bonds is 1. The van der Waals surface area contributed by atoms with E-state index in [0.29, 0.717) is 12.8 Å². The fourth-order valence-corrected chi connectivity index (χ4v) is 3.06. The van der Waals surface area contributed by atoms with Crippen molar-refractivity contribution in [2.24, 2.45) is 11.0 Å². The van der Waals surface area contributed by atoms with E-state index >= 15 is 0 Å². The molecule has 110 valence electrons. The van der Waals surface area contributed by atoms with Gasteiger partial charge in [0.1, 0.15) is 0 Å². The molecule has 0 aliphatic carbocycles. The molecule has 2 aliphatic heterocycles. The lowest BCUT2D eigenvalue weighted by Crippen LogP contribution is -2.34. The van der Waals surface area contributed by atoms with Crippen molar-refractivity contribution in [1.82, 2.24) is 5.43 Å². The Labute approximate surface area is 124 Å². The first kappa shape index (κ1) is 13.8. The summed E-state index contributed by atoms with van der Waals surface area (Å²) in [5.41, 5.74) is 6.62. The quantitative estimate of drug-likeness (QED) is 0.858. The number of carbonyl (C=O) groups is 2. The van der Waals surface area contributed by atoms with Crippen molar-refractivity contribution in [2.75, 3.05) is 11.9 Å². The third-order valence-electron chi connectivity index (χ3n) is 4.33. The first-order valence-corrected chi connectivity index (χ1v) is 7.24. The molecule has 2 aliphatic rings. The number of nitrogens with zero attached hydrogens (tertiary/aromatic N) is 2. The molecule has 3 rings (SSSR count). The first-order valence-electron chi connectivity index (χ1n) is 7.24. The number of fused-ring (bicyclic) bond motifs is 1. The molecule has 0 saturated heterocycles. The summed E-state index contributed by atoms with van der Waals surface area (Å²) in [6, 6.07) is 6.06. The highest BCUT2D eigenvalue weighted by molar-refractivity contribution is 6.06. The van der Waals surface area contributed by atoms with Crippen molar-refractivity contribution in [2.45, 2.75) is 32.6 Å². The van der Waals surface area contributed by atoms with Gasteiger partial charge in [0.25, 0.3) is 0 Å². The van der Waals surface area contributed by atoms with E-state index in [1.165, 1.54) is 5.56 Å². The van der Waals surface area contributed by atoms with Crippen LogP contribution in [0.4, 0.5) is 5.69 Å². The standard InChI is InChI=1S/C16H19N3O2/c1-9-7-15(21)19(3)13-5-4-11(8-12(9)13)16-10(2)6-14(20)17-18-16/h4-5,8-10H,6-7H2,1-3H3,(H,17,20). The molecule has 0 bridgehead atoms. The minimum atomic E-state index is -0.0390. The van der Waals surface area contributed by atoms with Crippen molar-refractivity contribution in [1.29, 1.82) is 0 Å². The number of hydrogen-bond acceptors (Lipinski definition) is 3.